The molecule has 0 bridgehead atoms. The molecule has 0 saturated heterocycles. The second-order valence-corrected chi connectivity index (χ2v) is 14.7. The van der Waals surface area contributed by atoms with E-state index in [0.717, 1.165) is 28.4 Å². The van der Waals surface area contributed by atoms with Gasteiger partial charge >= 0.3 is 0 Å². The standard InChI is InChI=1S/C49H44N2/c1-7-35(50(36-20-12-8-13-21-36)37-22-14-9-15-23-37)32-44-34(2)41-30-31-43-42-29-28-40(33-45(42)49(5,6)47(43)46(41)48(44,3)4)51(38-24-16-10-17-25-38)39-26-18-11-19-27-39/h7-33H,1H2,2-6H3/b35-32+. The highest BCUT2D eigenvalue weighted by Crippen LogP contribution is 2.59. The number of nitrogens with zero attached hydrogens (tertiary/aromatic N) is 2. The lowest BCUT2D eigenvalue weighted by molar-refractivity contribution is 0.596. The number of allylic oxidation sites excluding steroid dienone is 4. The van der Waals surface area contributed by atoms with Crippen molar-refractivity contribution in [2.75, 3.05) is 9.80 Å². The molecule has 0 atom stereocenters. The average Bonchev–Trinajstić information content (AvgIpc) is 3.50. The van der Waals surface area contributed by atoms with E-state index in [9.17, 15) is 0 Å². The summed E-state index contributed by atoms with van der Waals surface area (Å²) in [5, 5.41) is 0. The molecule has 0 amide bonds. The Labute approximate surface area is 303 Å². The second-order valence-electron chi connectivity index (χ2n) is 14.7. The fraction of sp³-hybridized carbons (Fsp3) is 0.143. The van der Waals surface area contributed by atoms with Crippen LogP contribution < -0.4 is 9.80 Å². The molecule has 250 valence electrons. The van der Waals surface area contributed by atoms with Gasteiger partial charge in [0.15, 0.2) is 0 Å². The lowest BCUT2D eigenvalue weighted by Crippen LogP contribution is -2.25. The molecule has 2 aliphatic carbocycles. The van der Waals surface area contributed by atoms with Crippen LogP contribution in [0.3, 0.4) is 0 Å². The third-order valence-corrected chi connectivity index (χ3v) is 11.0. The Morgan fingerprint density at radius 3 is 1.47 bits per heavy atom. The number of benzene rings is 6. The summed E-state index contributed by atoms with van der Waals surface area (Å²) in [5.41, 5.74) is 17.2. The number of anilines is 5. The first-order chi connectivity index (χ1) is 24.7. The van der Waals surface area contributed by atoms with E-state index in [-0.39, 0.29) is 10.8 Å². The lowest BCUT2D eigenvalue weighted by atomic mass is 9.71. The zero-order chi connectivity index (χ0) is 35.3. The van der Waals surface area contributed by atoms with Crippen molar-refractivity contribution in [3.8, 4) is 11.1 Å². The third kappa shape index (κ3) is 5.25. The molecule has 0 heterocycles. The first-order valence-corrected chi connectivity index (χ1v) is 17.9. The van der Waals surface area contributed by atoms with Crippen molar-refractivity contribution in [1.82, 2.24) is 0 Å². The fourth-order valence-corrected chi connectivity index (χ4v) is 8.60. The van der Waals surface area contributed by atoms with E-state index in [4.69, 9.17) is 0 Å². The zero-order valence-electron chi connectivity index (χ0n) is 30.2. The number of para-hydroxylation sites is 4. The fourth-order valence-electron chi connectivity index (χ4n) is 8.60. The number of hydrogen-bond donors (Lipinski definition) is 0. The summed E-state index contributed by atoms with van der Waals surface area (Å²) in [7, 11) is 0. The Morgan fingerprint density at radius 1 is 0.510 bits per heavy atom. The van der Waals surface area contributed by atoms with Crippen LogP contribution in [-0.2, 0) is 10.8 Å². The van der Waals surface area contributed by atoms with E-state index >= 15 is 0 Å². The zero-order valence-corrected chi connectivity index (χ0v) is 30.2. The van der Waals surface area contributed by atoms with Crippen molar-refractivity contribution in [3.05, 3.63) is 204 Å². The van der Waals surface area contributed by atoms with Crippen LogP contribution in [0.25, 0.3) is 16.7 Å². The van der Waals surface area contributed by atoms with Crippen LogP contribution in [0.5, 0.6) is 0 Å². The highest BCUT2D eigenvalue weighted by atomic mass is 15.1. The molecule has 0 radical (unpaired) electrons. The maximum atomic E-state index is 4.33. The molecule has 2 heteroatoms. The molecular formula is C49H44N2. The molecule has 0 saturated carbocycles. The van der Waals surface area contributed by atoms with Crippen LogP contribution in [-0.4, -0.2) is 0 Å². The van der Waals surface area contributed by atoms with Crippen LogP contribution in [0.1, 0.15) is 56.9 Å². The summed E-state index contributed by atoms with van der Waals surface area (Å²) in [6, 6.07) is 54.3. The number of hydrogen-bond acceptors (Lipinski definition) is 2. The van der Waals surface area contributed by atoms with Crippen LogP contribution >= 0.6 is 0 Å². The summed E-state index contributed by atoms with van der Waals surface area (Å²) < 4.78 is 0. The van der Waals surface area contributed by atoms with Crippen LogP contribution in [0, 0.1) is 0 Å². The summed E-state index contributed by atoms with van der Waals surface area (Å²) in [4.78, 5) is 4.67. The summed E-state index contributed by atoms with van der Waals surface area (Å²) in [5.74, 6) is 0. The molecule has 2 nitrogen and oxygen atoms in total. The van der Waals surface area contributed by atoms with E-state index in [1.165, 1.54) is 50.2 Å². The van der Waals surface area contributed by atoms with Gasteiger partial charge in [0.2, 0.25) is 0 Å². The Morgan fingerprint density at radius 2 is 0.961 bits per heavy atom. The predicted molar refractivity (Wildman–Crippen MR) is 218 cm³/mol. The molecule has 0 aromatic heterocycles. The molecule has 51 heavy (non-hydrogen) atoms. The molecule has 0 N–H and O–H groups in total. The van der Waals surface area contributed by atoms with Gasteiger partial charge in [-0.25, -0.2) is 0 Å². The summed E-state index contributed by atoms with van der Waals surface area (Å²) in [6.07, 6.45) is 4.37. The van der Waals surface area contributed by atoms with Gasteiger partial charge in [-0.2, -0.15) is 0 Å². The third-order valence-electron chi connectivity index (χ3n) is 11.0. The lowest BCUT2D eigenvalue weighted by Gasteiger charge is -2.33. The van der Waals surface area contributed by atoms with Gasteiger partial charge in [-0.05, 0) is 124 Å². The quantitative estimate of drug-likeness (QED) is 0.150. The Kier molecular flexibility index (Phi) is 7.91. The highest BCUT2D eigenvalue weighted by molar-refractivity contribution is 5.92. The smallest absolute Gasteiger partial charge is 0.0465 e. The Balaban J connectivity index is 1.24. The van der Waals surface area contributed by atoms with Crippen LogP contribution in [0.4, 0.5) is 28.4 Å². The maximum Gasteiger partial charge on any atom is 0.0465 e. The molecule has 6 aromatic carbocycles. The van der Waals surface area contributed by atoms with E-state index in [1.54, 1.807) is 0 Å². The van der Waals surface area contributed by atoms with Crippen molar-refractivity contribution in [3.63, 3.8) is 0 Å². The molecule has 8 rings (SSSR count). The molecule has 2 aliphatic rings. The summed E-state index contributed by atoms with van der Waals surface area (Å²) >= 11 is 0. The van der Waals surface area contributed by atoms with Gasteiger partial charge in [0.25, 0.3) is 0 Å². The van der Waals surface area contributed by atoms with Crippen molar-refractivity contribution >= 4 is 34.0 Å². The highest BCUT2D eigenvalue weighted by Gasteiger charge is 2.46. The minimum absolute atomic E-state index is 0.205. The van der Waals surface area contributed by atoms with Gasteiger partial charge in [0.05, 0.1) is 0 Å². The number of fused-ring (bicyclic) bond motifs is 5. The van der Waals surface area contributed by atoms with Gasteiger partial charge in [-0.15, -0.1) is 0 Å². The molecule has 0 spiro atoms. The first-order valence-electron chi connectivity index (χ1n) is 17.9. The van der Waals surface area contributed by atoms with E-state index in [1.807, 2.05) is 6.08 Å². The monoisotopic (exact) mass is 660 g/mol. The molecule has 0 aliphatic heterocycles. The van der Waals surface area contributed by atoms with Gasteiger partial charge < -0.3 is 9.80 Å². The minimum atomic E-state index is -0.236. The first kappa shape index (κ1) is 32.4. The molecule has 0 unspecified atom stereocenters. The topological polar surface area (TPSA) is 6.48 Å². The molecule has 0 fully saturated rings. The van der Waals surface area contributed by atoms with Crippen LogP contribution in [0.2, 0.25) is 0 Å². The van der Waals surface area contributed by atoms with Crippen molar-refractivity contribution in [2.24, 2.45) is 0 Å². The normalized spacial score (nSPS) is 15.2. The average molecular weight is 661 g/mol. The van der Waals surface area contributed by atoms with Gasteiger partial charge in [0.1, 0.15) is 0 Å². The summed E-state index contributed by atoms with van der Waals surface area (Å²) in [6.45, 7) is 16.3. The minimum Gasteiger partial charge on any atom is -0.311 e. The number of rotatable bonds is 8. The van der Waals surface area contributed by atoms with E-state index < -0.39 is 0 Å². The Bertz CT molecular complexity index is 2230. The maximum absolute atomic E-state index is 4.33. The van der Waals surface area contributed by atoms with Crippen LogP contribution in [0.15, 0.2) is 182 Å². The van der Waals surface area contributed by atoms with Gasteiger partial charge in [0, 0.05) is 45.0 Å². The van der Waals surface area contributed by atoms with Gasteiger partial charge in [-0.1, -0.05) is 125 Å². The van der Waals surface area contributed by atoms with Crippen molar-refractivity contribution in [1.29, 1.82) is 0 Å². The van der Waals surface area contributed by atoms with Crippen molar-refractivity contribution < 1.29 is 0 Å². The van der Waals surface area contributed by atoms with E-state index in [2.05, 4.69) is 209 Å². The Hall–Kier alpha value is -5.86. The van der Waals surface area contributed by atoms with Gasteiger partial charge in [-0.3, -0.25) is 0 Å². The van der Waals surface area contributed by atoms with Crippen molar-refractivity contribution in [2.45, 2.75) is 45.4 Å². The predicted octanol–water partition coefficient (Wildman–Crippen LogP) is 13.4. The molecular weight excluding hydrogens is 617 g/mol. The second kappa shape index (κ2) is 12.5. The largest absolute Gasteiger partial charge is 0.311 e. The molecule has 6 aromatic rings. The van der Waals surface area contributed by atoms with E-state index in [0.29, 0.717) is 0 Å². The SMILES string of the molecule is C=C/C(=C\C1=C(C)c2ccc3c(c2C1(C)C)C(C)(C)c1cc(N(c2ccccc2)c2ccccc2)ccc1-3)N(c1ccccc1)c1ccccc1.